The number of epoxide rings is 1. The lowest BCUT2D eigenvalue weighted by atomic mass is 9.80. The van der Waals surface area contributed by atoms with Crippen LogP contribution in [0.1, 0.15) is 75.6 Å². The molecule has 48 heavy (non-hydrogen) atoms. The third-order valence-corrected chi connectivity index (χ3v) is 10.7. The Morgan fingerprint density at radius 2 is 1.46 bits per heavy atom. The highest BCUT2D eigenvalue weighted by molar-refractivity contribution is 5.96. The summed E-state index contributed by atoms with van der Waals surface area (Å²) in [6, 6.07) is 11.6. The van der Waals surface area contributed by atoms with E-state index in [4.69, 9.17) is 23.7 Å². The van der Waals surface area contributed by atoms with Gasteiger partial charge in [0.1, 0.15) is 18.3 Å². The molecule has 0 N–H and O–H groups in total. The van der Waals surface area contributed by atoms with Crippen molar-refractivity contribution in [2.45, 2.75) is 90.5 Å². The van der Waals surface area contributed by atoms with Crippen molar-refractivity contribution >= 4 is 29.7 Å². The van der Waals surface area contributed by atoms with Crippen molar-refractivity contribution in [3.8, 4) is 0 Å². The normalized spacial score (nSPS) is 37.1. The Morgan fingerprint density at radius 1 is 0.833 bits per heavy atom. The Bertz CT molecular complexity index is 1670. The molecule has 2 heterocycles. The maximum Gasteiger partial charge on any atom is 0.340 e. The number of nitrogens with zero attached hydrogens (tertiary/aromatic N) is 1. The molecule has 2 aromatic rings. The van der Waals surface area contributed by atoms with Crippen LogP contribution < -0.4 is 0 Å². The highest BCUT2D eigenvalue weighted by Gasteiger charge is 2.84. The van der Waals surface area contributed by atoms with Crippen LogP contribution in [0.3, 0.4) is 0 Å². The summed E-state index contributed by atoms with van der Waals surface area (Å²) in [4.78, 5) is 71.0. The van der Waals surface area contributed by atoms with Crippen molar-refractivity contribution in [3.63, 3.8) is 0 Å². The Hall–Kier alpha value is -4.38. The van der Waals surface area contributed by atoms with E-state index in [0.29, 0.717) is 5.57 Å². The summed E-state index contributed by atoms with van der Waals surface area (Å²) >= 11 is 0. The van der Waals surface area contributed by atoms with Crippen molar-refractivity contribution < 1.29 is 47.7 Å². The van der Waals surface area contributed by atoms with Gasteiger partial charge in [0, 0.05) is 38.1 Å². The van der Waals surface area contributed by atoms with Crippen LogP contribution in [-0.2, 0) is 38.1 Å². The van der Waals surface area contributed by atoms with Crippen LogP contribution >= 0.6 is 0 Å². The smallest absolute Gasteiger partial charge is 0.340 e. The molecule has 0 amide bonds. The van der Waals surface area contributed by atoms with Gasteiger partial charge < -0.3 is 23.7 Å². The molecular weight excluding hydrogens is 618 g/mol. The quantitative estimate of drug-likeness (QED) is 0.184. The highest BCUT2D eigenvalue weighted by atomic mass is 16.7. The first-order chi connectivity index (χ1) is 22.6. The third-order valence-electron chi connectivity index (χ3n) is 10.7. The molecule has 0 radical (unpaired) electrons. The summed E-state index contributed by atoms with van der Waals surface area (Å²) in [5.41, 5.74) is -2.46. The first kappa shape index (κ1) is 33.5. The van der Waals surface area contributed by atoms with Gasteiger partial charge in [0.2, 0.25) is 0 Å². The number of fused-ring (bicyclic) bond motifs is 1. The molecule has 0 bridgehead atoms. The number of hydrogen-bond donors (Lipinski definition) is 0. The second-order valence-electron chi connectivity index (χ2n) is 14.2. The van der Waals surface area contributed by atoms with Gasteiger partial charge in [-0.15, -0.1) is 0 Å². The van der Waals surface area contributed by atoms with Crippen LogP contribution in [0.5, 0.6) is 0 Å². The van der Waals surface area contributed by atoms with Crippen molar-refractivity contribution in [3.05, 3.63) is 77.6 Å². The van der Waals surface area contributed by atoms with Crippen LogP contribution in [0.25, 0.3) is 0 Å². The predicted octanol–water partition coefficient (Wildman–Crippen LogP) is 4.68. The lowest BCUT2D eigenvalue weighted by molar-refractivity contribution is -0.154. The molecule has 0 spiro atoms. The highest BCUT2D eigenvalue weighted by Crippen LogP contribution is 2.69. The zero-order valence-electron chi connectivity index (χ0n) is 28.1. The van der Waals surface area contributed by atoms with E-state index in [1.54, 1.807) is 62.4 Å². The molecule has 4 aliphatic rings. The number of carbonyl (C=O) groups excluding carboxylic acids is 5. The molecule has 6 rings (SSSR count). The van der Waals surface area contributed by atoms with E-state index in [1.807, 2.05) is 20.8 Å². The molecule has 11 heteroatoms. The van der Waals surface area contributed by atoms with Gasteiger partial charge in [-0.05, 0) is 60.6 Å². The van der Waals surface area contributed by atoms with Gasteiger partial charge in [-0.1, -0.05) is 45.9 Å². The molecule has 1 aliphatic heterocycles. The number of benzene rings is 1. The molecular formula is C37H41NO10. The Morgan fingerprint density at radius 3 is 2.08 bits per heavy atom. The maximum absolute atomic E-state index is 14.6. The molecule has 1 aromatic heterocycles. The zero-order chi connectivity index (χ0) is 34.8. The molecule has 254 valence electrons. The van der Waals surface area contributed by atoms with Crippen molar-refractivity contribution in [2.75, 3.05) is 0 Å². The van der Waals surface area contributed by atoms with E-state index >= 15 is 0 Å². The van der Waals surface area contributed by atoms with E-state index in [9.17, 15) is 24.0 Å². The number of rotatable bonds is 6. The van der Waals surface area contributed by atoms with Gasteiger partial charge in [-0.2, -0.15) is 0 Å². The molecule has 1 aromatic carbocycles. The van der Waals surface area contributed by atoms with Crippen LogP contribution in [0.4, 0.5) is 0 Å². The molecule has 2 saturated carbocycles. The molecule has 3 fully saturated rings. The second-order valence-corrected chi connectivity index (χ2v) is 14.2. The second kappa shape index (κ2) is 11.9. The van der Waals surface area contributed by atoms with Crippen LogP contribution in [-0.4, -0.2) is 70.3 Å². The standard InChI is InChI=1S/C37H41NO10/c1-19-16-37-32(45-23(5)40)20(2)17-36(37,48-37)31(41)21(3)29(44-22(4)39)26-27(35(26,6)7)30(47-34(43)25-14-11-15-38-18-25)28(19)46-33(42)24-12-9-8-10-13-24/h8-16,18,20-21,26-30,32H,17H2,1-7H3/b19-16+/t20-,21+,26-,27+,28+,29-,30+,32-,36-,37-/m0/s1. The monoisotopic (exact) mass is 659 g/mol. The van der Waals surface area contributed by atoms with E-state index in [1.165, 1.54) is 26.2 Å². The summed E-state index contributed by atoms with van der Waals surface area (Å²) in [7, 11) is 0. The summed E-state index contributed by atoms with van der Waals surface area (Å²) in [6.07, 6.45) is 0.880. The number of ether oxygens (including phenoxy) is 5. The Kier molecular flexibility index (Phi) is 8.34. The fourth-order valence-corrected chi connectivity index (χ4v) is 8.45. The average molecular weight is 660 g/mol. The number of ketones is 1. The number of hydrogen-bond acceptors (Lipinski definition) is 11. The number of carbonyl (C=O) groups is 5. The largest absolute Gasteiger partial charge is 0.461 e. The van der Waals surface area contributed by atoms with Gasteiger partial charge in [-0.3, -0.25) is 19.4 Å². The molecule has 10 atom stereocenters. The lowest BCUT2D eigenvalue weighted by Gasteiger charge is -2.31. The summed E-state index contributed by atoms with van der Waals surface area (Å²) in [5, 5.41) is 0. The minimum Gasteiger partial charge on any atom is -0.461 e. The van der Waals surface area contributed by atoms with Gasteiger partial charge in [-0.25, -0.2) is 9.59 Å². The van der Waals surface area contributed by atoms with E-state index in [-0.39, 0.29) is 29.2 Å². The van der Waals surface area contributed by atoms with Crippen LogP contribution in [0.15, 0.2) is 66.5 Å². The minimum atomic E-state index is -1.38. The molecule has 11 nitrogen and oxygen atoms in total. The predicted molar refractivity (Wildman–Crippen MR) is 169 cm³/mol. The maximum atomic E-state index is 14.6. The van der Waals surface area contributed by atoms with Gasteiger partial charge in [0.05, 0.1) is 17.0 Å². The van der Waals surface area contributed by atoms with E-state index < -0.39 is 82.7 Å². The number of esters is 4. The first-order valence-corrected chi connectivity index (χ1v) is 16.3. The van der Waals surface area contributed by atoms with Gasteiger partial charge in [0.15, 0.2) is 23.1 Å². The van der Waals surface area contributed by atoms with E-state index in [0.717, 1.165) is 0 Å². The number of Topliss-reactive ketones (excluding diaryl/α,β-unsaturated/α-hetero) is 1. The zero-order valence-corrected chi connectivity index (χ0v) is 28.1. The van der Waals surface area contributed by atoms with Crippen LogP contribution in [0.2, 0.25) is 0 Å². The molecule has 3 aliphatic carbocycles. The summed E-state index contributed by atoms with van der Waals surface area (Å²) in [6.45, 7) is 11.8. The minimum absolute atomic E-state index is 0.194. The Balaban J connectivity index is 1.54. The summed E-state index contributed by atoms with van der Waals surface area (Å²) in [5.74, 6) is -4.81. The van der Waals surface area contributed by atoms with Crippen molar-refractivity contribution in [1.29, 1.82) is 0 Å². The van der Waals surface area contributed by atoms with E-state index in [2.05, 4.69) is 4.98 Å². The van der Waals surface area contributed by atoms with Crippen molar-refractivity contribution in [2.24, 2.45) is 29.1 Å². The Labute approximate surface area is 279 Å². The van der Waals surface area contributed by atoms with Gasteiger partial charge >= 0.3 is 23.9 Å². The fraction of sp³-hybridized carbons (Fsp3) is 0.514. The van der Waals surface area contributed by atoms with Crippen LogP contribution in [0, 0.1) is 29.1 Å². The third kappa shape index (κ3) is 5.41. The van der Waals surface area contributed by atoms with Gasteiger partial charge in [0.25, 0.3) is 0 Å². The molecule has 0 unspecified atom stereocenters. The number of pyridine rings is 1. The fourth-order valence-electron chi connectivity index (χ4n) is 8.45. The number of aromatic nitrogens is 1. The average Bonchev–Trinajstić information content (AvgIpc) is 3.84. The summed E-state index contributed by atoms with van der Waals surface area (Å²) < 4.78 is 30.7. The SMILES string of the molecule is CC(=O)O[C@@H]1[C@@H]2[C@H]([C@@H](OC(=O)c3cccnc3)[C@H](OC(=O)c3ccccc3)/C(C)=C/[C@@]34O[C@@]3(C[C@H](C)[C@@H]4OC(C)=O)C(=O)[C@@H]1C)C2(C)C. The van der Waals surface area contributed by atoms with Crippen molar-refractivity contribution in [1.82, 2.24) is 4.98 Å². The first-order valence-electron chi connectivity index (χ1n) is 16.3. The topological polar surface area (TPSA) is 148 Å². The molecule has 1 saturated heterocycles. The lowest BCUT2D eigenvalue weighted by Crippen LogP contribution is -2.43.